The van der Waals surface area contributed by atoms with E-state index in [1.807, 2.05) is 12.1 Å². The summed E-state index contributed by atoms with van der Waals surface area (Å²) in [6.45, 7) is 2.18. The number of aromatic nitrogens is 1. The summed E-state index contributed by atoms with van der Waals surface area (Å²) in [4.78, 5) is 14.7. The van der Waals surface area contributed by atoms with Gasteiger partial charge in [0.05, 0.1) is 17.6 Å². The van der Waals surface area contributed by atoms with Crippen LogP contribution < -0.4 is 0 Å². The van der Waals surface area contributed by atoms with Crippen LogP contribution in [-0.4, -0.2) is 17.6 Å². The van der Waals surface area contributed by atoms with E-state index in [4.69, 9.17) is 16.3 Å². The highest BCUT2D eigenvalue weighted by molar-refractivity contribution is 9.10. The van der Waals surface area contributed by atoms with E-state index in [2.05, 4.69) is 20.9 Å². The lowest BCUT2D eigenvalue weighted by molar-refractivity contribution is -0.142. The van der Waals surface area contributed by atoms with Crippen LogP contribution in [0.15, 0.2) is 22.8 Å². The van der Waals surface area contributed by atoms with E-state index in [1.165, 1.54) is 0 Å². The Morgan fingerprint density at radius 1 is 1.53 bits per heavy atom. The first-order chi connectivity index (χ1) is 8.11. The quantitative estimate of drug-likeness (QED) is 0.878. The number of ether oxygens (including phenoxy) is 1. The van der Waals surface area contributed by atoms with Crippen LogP contribution in [0, 0.1) is 0 Å². The monoisotopic (exact) mass is 315 g/mol. The van der Waals surface area contributed by atoms with E-state index in [0.717, 1.165) is 21.1 Å². The summed E-state index contributed by atoms with van der Waals surface area (Å²) < 4.78 is 5.74. The summed E-state index contributed by atoms with van der Waals surface area (Å²) in [6.07, 6.45) is 0.231. The smallest absolute Gasteiger partial charge is 0.310 e. The van der Waals surface area contributed by atoms with E-state index >= 15 is 0 Å². The van der Waals surface area contributed by atoms with Gasteiger partial charge in [0.15, 0.2) is 0 Å². The molecule has 5 heteroatoms. The molecule has 2 aromatic rings. The first kappa shape index (κ1) is 12.5. The topological polar surface area (TPSA) is 42.1 Å². The number of benzene rings is 1. The Morgan fingerprint density at radius 3 is 3.00 bits per heavy atom. The van der Waals surface area contributed by atoms with Crippen LogP contribution in [0.1, 0.15) is 12.5 Å². The first-order valence-electron chi connectivity index (χ1n) is 5.23. The molecule has 1 aromatic heterocycles. The SMILES string of the molecule is CCOC(=O)Cc1c(Br)[nH]c2ccc(Cl)cc12. The molecule has 3 nitrogen and oxygen atoms in total. The standard InChI is InChI=1S/C12H11BrClNO2/c1-2-17-11(16)6-9-8-5-7(14)3-4-10(8)15-12(9)13/h3-5,15H,2,6H2,1H3. The van der Waals surface area contributed by atoms with Gasteiger partial charge in [0.2, 0.25) is 0 Å². The first-order valence-corrected chi connectivity index (χ1v) is 6.40. The lowest BCUT2D eigenvalue weighted by Crippen LogP contribution is -2.07. The number of carbonyl (C=O) groups excluding carboxylic acids is 1. The van der Waals surface area contributed by atoms with Crippen molar-refractivity contribution in [2.24, 2.45) is 0 Å². The number of H-pyrrole nitrogens is 1. The van der Waals surface area contributed by atoms with E-state index < -0.39 is 0 Å². The molecule has 0 fully saturated rings. The van der Waals surface area contributed by atoms with Crippen LogP contribution in [0.2, 0.25) is 5.02 Å². The average molecular weight is 317 g/mol. The Kier molecular flexibility index (Phi) is 3.74. The van der Waals surface area contributed by atoms with Gasteiger partial charge in [0, 0.05) is 21.5 Å². The second-order valence-corrected chi connectivity index (χ2v) is 4.82. The normalized spacial score (nSPS) is 10.8. The van der Waals surface area contributed by atoms with Gasteiger partial charge in [-0.2, -0.15) is 0 Å². The maximum atomic E-state index is 11.5. The number of rotatable bonds is 3. The Morgan fingerprint density at radius 2 is 2.29 bits per heavy atom. The number of aromatic amines is 1. The number of carbonyl (C=O) groups is 1. The van der Waals surface area contributed by atoms with Gasteiger partial charge in [0.25, 0.3) is 0 Å². The molecule has 1 N–H and O–H groups in total. The molecule has 0 saturated carbocycles. The summed E-state index contributed by atoms with van der Waals surface area (Å²) in [5.41, 5.74) is 1.82. The maximum Gasteiger partial charge on any atom is 0.310 e. The molecule has 90 valence electrons. The van der Waals surface area contributed by atoms with Gasteiger partial charge in [-0.05, 0) is 41.1 Å². The second kappa shape index (κ2) is 5.10. The molecule has 2 rings (SSSR count). The summed E-state index contributed by atoms with van der Waals surface area (Å²) in [6, 6.07) is 5.53. The number of fused-ring (bicyclic) bond motifs is 1. The summed E-state index contributed by atoms with van der Waals surface area (Å²) in [5.74, 6) is -0.242. The summed E-state index contributed by atoms with van der Waals surface area (Å²) in [7, 11) is 0. The number of hydrogen-bond donors (Lipinski definition) is 1. The van der Waals surface area contributed by atoms with E-state index in [1.54, 1.807) is 13.0 Å². The Hall–Kier alpha value is -1.00. The minimum atomic E-state index is -0.242. The van der Waals surface area contributed by atoms with Crippen molar-refractivity contribution < 1.29 is 9.53 Å². The predicted octanol–water partition coefficient (Wildman–Crippen LogP) is 3.69. The predicted molar refractivity (Wildman–Crippen MR) is 71.3 cm³/mol. The minimum Gasteiger partial charge on any atom is -0.466 e. The van der Waals surface area contributed by atoms with Gasteiger partial charge >= 0.3 is 5.97 Å². The van der Waals surface area contributed by atoms with Gasteiger partial charge in [-0.3, -0.25) is 4.79 Å². The van der Waals surface area contributed by atoms with Gasteiger partial charge in [-0.25, -0.2) is 0 Å². The molecule has 1 heterocycles. The van der Waals surface area contributed by atoms with Crippen molar-refractivity contribution in [3.05, 3.63) is 33.4 Å². The molecule has 0 aliphatic carbocycles. The third kappa shape index (κ3) is 2.64. The second-order valence-electron chi connectivity index (χ2n) is 3.59. The van der Waals surface area contributed by atoms with Crippen LogP contribution >= 0.6 is 27.5 Å². The van der Waals surface area contributed by atoms with Gasteiger partial charge < -0.3 is 9.72 Å². The van der Waals surface area contributed by atoms with Crippen LogP contribution in [0.5, 0.6) is 0 Å². The maximum absolute atomic E-state index is 11.5. The van der Waals surface area contributed by atoms with Crippen LogP contribution in [0.25, 0.3) is 10.9 Å². The molecule has 0 aliphatic heterocycles. The zero-order chi connectivity index (χ0) is 12.4. The number of halogens is 2. The minimum absolute atomic E-state index is 0.231. The van der Waals surface area contributed by atoms with Crippen molar-refractivity contribution in [2.75, 3.05) is 6.61 Å². The van der Waals surface area contributed by atoms with Crippen LogP contribution in [0.4, 0.5) is 0 Å². The highest BCUT2D eigenvalue weighted by atomic mass is 79.9. The van der Waals surface area contributed by atoms with Crippen molar-refractivity contribution in [3.8, 4) is 0 Å². The lowest BCUT2D eigenvalue weighted by Gasteiger charge is -2.01. The van der Waals surface area contributed by atoms with Gasteiger partial charge in [-0.1, -0.05) is 11.6 Å². The number of nitrogens with one attached hydrogen (secondary N) is 1. The highest BCUT2D eigenvalue weighted by Gasteiger charge is 2.14. The molecule has 0 atom stereocenters. The summed E-state index contributed by atoms with van der Waals surface area (Å²) >= 11 is 9.36. The molecule has 0 saturated heterocycles. The largest absolute Gasteiger partial charge is 0.466 e. The van der Waals surface area contributed by atoms with E-state index in [-0.39, 0.29) is 12.4 Å². The molecule has 0 spiro atoms. The fourth-order valence-electron chi connectivity index (χ4n) is 1.72. The van der Waals surface area contributed by atoms with E-state index in [9.17, 15) is 4.79 Å². The fraction of sp³-hybridized carbons (Fsp3) is 0.250. The zero-order valence-corrected chi connectivity index (χ0v) is 11.6. The van der Waals surface area contributed by atoms with Crippen molar-refractivity contribution >= 4 is 44.4 Å². The third-order valence-electron chi connectivity index (χ3n) is 2.44. The number of esters is 1. The summed E-state index contributed by atoms with van der Waals surface area (Å²) in [5, 5.41) is 1.59. The number of hydrogen-bond acceptors (Lipinski definition) is 2. The molecule has 1 aromatic carbocycles. The molecular weight excluding hydrogens is 305 g/mol. The van der Waals surface area contributed by atoms with Gasteiger partial charge in [0.1, 0.15) is 0 Å². The molecule has 0 aliphatic rings. The Bertz CT molecular complexity index is 565. The molecule has 17 heavy (non-hydrogen) atoms. The van der Waals surface area contributed by atoms with E-state index in [0.29, 0.717) is 11.6 Å². The Balaban J connectivity index is 2.41. The average Bonchev–Trinajstić information content (AvgIpc) is 2.56. The molecule has 0 radical (unpaired) electrons. The van der Waals surface area contributed by atoms with Crippen molar-refractivity contribution in [1.29, 1.82) is 0 Å². The lowest BCUT2D eigenvalue weighted by atomic mass is 10.1. The molecule has 0 amide bonds. The van der Waals surface area contributed by atoms with Gasteiger partial charge in [-0.15, -0.1) is 0 Å². The highest BCUT2D eigenvalue weighted by Crippen LogP contribution is 2.29. The van der Waals surface area contributed by atoms with Crippen molar-refractivity contribution in [3.63, 3.8) is 0 Å². The van der Waals surface area contributed by atoms with Crippen LogP contribution in [0.3, 0.4) is 0 Å². The molecule has 0 bridgehead atoms. The van der Waals surface area contributed by atoms with Crippen molar-refractivity contribution in [1.82, 2.24) is 4.98 Å². The van der Waals surface area contributed by atoms with Crippen LogP contribution in [-0.2, 0) is 16.0 Å². The third-order valence-corrected chi connectivity index (χ3v) is 3.35. The molecular formula is C12H11BrClNO2. The Labute approximate surface area is 112 Å². The molecule has 0 unspecified atom stereocenters. The van der Waals surface area contributed by atoms with Crippen molar-refractivity contribution in [2.45, 2.75) is 13.3 Å². The zero-order valence-electron chi connectivity index (χ0n) is 9.22. The fourth-order valence-corrected chi connectivity index (χ4v) is 2.46.